The molecule has 0 radical (unpaired) electrons. The van der Waals surface area contributed by atoms with Gasteiger partial charge >= 0.3 is 0 Å². The number of aromatic nitrogens is 2. The summed E-state index contributed by atoms with van der Waals surface area (Å²) in [6.45, 7) is 5.05. The molecule has 2 rings (SSSR count). The second-order valence-corrected chi connectivity index (χ2v) is 5.73. The molecule has 1 unspecified atom stereocenters. The zero-order valence-corrected chi connectivity index (χ0v) is 13.9. The molecule has 1 aromatic carbocycles. The Bertz CT molecular complexity index is 595. The van der Waals surface area contributed by atoms with E-state index in [-0.39, 0.29) is 6.04 Å². The molecule has 1 N–H and O–H groups in total. The Labute approximate surface area is 128 Å². The van der Waals surface area contributed by atoms with Crippen molar-refractivity contribution >= 4 is 15.9 Å². The fourth-order valence-corrected chi connectivity index (χ4v) is 2.73. The number of benzene rings is 1. The van der Waals surface area contributed by atoms with Gasteiger partial charge in [0.25, 0.3) is 0 Å². The lowest BCUT2D eigenvalue weighted by Crippen LogP contribution is -2.18. The van der Waals surface area contributed by atoms with Crippen molar-refractivity contribution in [3.63, 3.8) is 0 Å². The highest BCUT2D eigenvalue weighted by Gasteiger charge is 2.11. The number of halogens is 1. The smallest absolute Gasteiger partial charge is 0.133 e. The lowest BCUT2D eigenvalue weighted by Gasteiger charge is -2.14. The Balaban J connectivity index is 2.01. The van der Waals surface area contributed by atoms with Crippen LogP contribution in [0.3, 0.4) is 0 Å². The number of aryl methyl sites for hydroxylation is 1. The van der Waals surface area contributed by atoms with Crippen molar-refractivity contribution < 1.29 is 4.74 Å². The van der Waals surface area contributed by atoms with E-state index in [0.29, 0.717) is 0 Å². The van der Waals surface area contributed by atoms with Crippen molar-refractivity contribution in [3.8, 4) is 5.75 Å². The molecule has 0 fully saturated rings. The van der Waals surface area contributed by atoms with Crippen LogP contribution in [0.2, 0.25) is 0 Å². The van der Waals surface area contributed by atoms with Crippen LogP contribution < -0.4 is 10.1 Å². The first-order chi connectivity index (χ1) is 9.52. The van der Waals surface area contributed by atoms with Crippen molar-refractivity contribution in [1.82, 2.24) is 15.1 Å². The molecule has 0 aliphatic heterocycles. The van der Waals surface area contributed by atoms with E-state index in [4.69, 9.17) is 4.74 Å². The topological polar surface area (TPSA) is 39.1 Å². The van der Waals surface area contributed by atoms with E-state index in [0.717, 1.165) is 16.8 Å². The van der Waals surface area contributed by atoms with Crippen molar-refractivity contribution in [2.75, 3.05) is 7.11 Å². The number of hydrogen-bond acceptors (Lipinski definition) is 3. The molecule has 2 aromatic rings. The van der Waals surface area contributed by atoms with E-state index >= 15 is 0 Å². The van der Waals surface area contributed by atoms with Gasteiger partial charge in [-0.1, -0.05) is 6.07 Å². The van der Waals surface area contributed by atoms with Crippen LogP contribution in [0.4, 0.5) is 0 Å². The second kappa shape index (κ2) is 6.41. The number of rotatable bonds is 5. The highest BCUT2D eigenvalue weighted by molar-refractivity contribution is 9.10. The molecule has 0 aliphatic carbocycles. The van der Waals surface area contributed by atoms with Crippen LogP contribution in [0.25, 0.3) is 0 Å². The molecule has 108 valence electrons. The monoisotopic (exact) mass is 337 g/mol. The van der Waals surface area contributed by atoms with Gasteiger partial charge in [0, 0.05) is 30.9 Å². The summed E-state index contributed by atoms with van der Waals surface area (Å²) in [5, 5.41) is 7.80. The molecule has 0 bridgehead atoms. The van der Waals surface area contributed by atoms with Crippen LogP contribution in [-0.4, -0.2) is 16.9 Å². The summed E-state index contributed by atoms with van der Waals surface area (Å²) in [5.41, 5.74) is 3.65. The summed E-state index contributed by atoms with van der Waals surface area (Å²) in [6, 6.07) is 6.39. The average Bonchev–Trinajstić information content (AvgIpc) is 2.76. The molecule has 1 heterocycles. The van der Waals surface area contributed by atoms with Gasteiger partial charge in [-0.2, -0.15) is 5.10 Å². The maximum atomic E-state index is 5.24. The van der Waals surface area contributed by atoms with Gasteiger partial charge in [0.1, 0.15) is 5.75 Å². The fourth-order valence-electron chi connectivity index (χ4n) is 2.14. The number of ether oxygens (including phenoxy) is 1. The Hall–Kier alpha value is -1.33. The molecule has 5 heteroatoms. The Morgan fingerprint density at radius 2 is 2.20 bits per heavy atom. The van der Waals surface area contributed by atoms with Crippen LogP contribution in [0.1, 0.15) is 29.8 Å². The number of nitrogens with one attached hydrogen (secondary N) is 1. The second-order valence-electron chi connectivity index (χ2n) is 4.88. The van der Waals surface area contributed by atoms with Gasteiger partial charge in [0.05, 0.1) is 17.8 Å². The molecule has 0 saturated carbocycles. The van der Waals surface area contributed by atoms with Crippen molar-refractivity contribution in [1.29, 1.82) is 0 Å². The predicted octanol–water partition coefficient (Wildman–Crippen LogP) is 3.35. The van der Waals surface area contributed by atoms with Crippen molar-refractivity contribution in [3.05, 3.63) is 45.7 Å². The zero-order valence-electron chi connectivity index (χ0n) is 12.3. The number of hydrogen-bond donors (Lipinski definition) is 1. The Morgan fingerprint density at radius 1 is 1.45 bits per heavy atom. The third-order valence-electron chi connectivity index (χ3n) is 3.57. The van der Waals surface area contributed by atoms with E-state index in [1.54, 1.807) is 7.11 Å². The molecule has 0 aliphatic rings. The maximum absolute atomic E-state index is 5.24. The minimum absolute atomic E-state index is 0.268. The number of methoxy groups -OCH3 is 1. The van der Waals surface area contributed by atoms with Crippen LogP contribution >= 0.6 is 15.9 Å². The lowest BCUT2D eigenvalue weighted by molar-refractivity contribution is 0.412. The average molecular weight is 338 g/mol. The third-order valence-corrected chi connectivity index (χ3v) is 4.19. The minimum atomic E-state index is 0.268. The van der Waals surface area contributed by atoms with Crippen molar-refractivity contribution in [2.24, 2.45) is 7.05 Å². The summed E-state index contributed by atoms with van der Waals surface area (Å²) < 4.78 is 8.11. The van der Waals surface area contributed by atoms with Gasteiger partial charge in [-0.15, -0.1) is 0 Å². The molecule has 20 heavy (non-hydrogen) atoms. The first-order valence-electron chi connectivity index (χ1n) is 6.57. The van der Waals surface area contributed by atoms with Gasteiger partial charge in [0.2, 0.25) is 0 Å². The minimum Gasteiger partial charge on any atom is -0.496 e. The van der Waals surface area contributed by atoms with Crippen LogP contribution in [-0.2, 0) is 13.6 Å². The molecule has 4 nitrogen and oxygen atoms in total. The van der Waals surface area contributed by atoms with Gasteiger partial charge < -0.3 is 10.1 Å². The molecule has 0 spiro atoms. The zero-order chi connectivity index (χ0) is 14.7. The molecule has 0 amide bonds. The summed E-state index contributed by atoms with van der Waals surface area (Å²) >= 11 is 3.51. The molecule has 0 saturated heterocycles. The predicted molar refractivity (Wildman–Crippen MR) is 83.9 cm³/mol. The van der Waals surface area contributed by atoms with E-state index in [1.165, 1.54) is 16.8 Å². The van der Waals surface area contributed by atoms with Gasteiger partial charge in [-0.05, 0) is 47.5 Å². The van der Waals surface area contributed by atoms with Crippen LogP contribution in [0, 0.1) is 6.92 Å². The summed E-state index contributed by atoms with van der Waals surface area (Å²) in [5.74, 6) is 0.852. The molecule has 1 aromatic heterocycles. The van der Waals surface area contributed by atoms with Gasteiger partial charge in [-0.25, -0.2) is 0 Å². The van der Waals surface area contributed by atoms with Crippen LogP contribution in [0.5, 0.6) is 5.75 Å². The lowest BCUT2D eigenvalue weighted by atomic mass is 10.1. The Morgan fingerprint density at radius 3 is 2.75 bits per heavy atom. The molecular weight excluding hydrogens is 318 g/mol. The van der Waals surface area contributed by atoms with E-state index < -0.39 is 0 Å². The SMILES string of the molecule is COc1ccc(CNC(C)c2cnn(C)c2C)cc1Br. The van der Waals surface area contributed by atoms with E-state index in [2.05, 4.69) is 52.3 Å². The quantitative estimate of drug-likeness (QED) is 0.909. The molecule has 1 atom stereocenters. The summed E-state index contributed by atoms with van der Waals surface area (Å²) in [7, 11) is 3.64. The van der Waals surface area contributed by atoms with E-state index in [9.17, 15) is 0 Å². The third kappa shape index (κ3) is 3.22. The molecular formula is C15H20BrN3O. The van der Waals surface area contributed by atoms with Crippen LogP contribution in [0.15, 0.2) is 28.9 Å². The Kier molecular flexibility index (Phi) is 4.83. The first kappa shape index (κ1) is 15.1. The normalized spacial score (nSPS) is 12.4. The first-order valence-corrected chi connectivity index (χ1v) is 7.36. The van der Waals surface area contributed by atoms with Gasteiger partial charge in [0.15, 0.2) is 0 Å². The highest BCUT2D eigenvalue weighted by atomic mass is 79.9. The highest BCUT2D eigenvalue weighted by Crippen LogP contribution is 2.26. The van der Waals surface area contributed by atoms with Gasteiger partial charge in [-0.3, -0.25) is 4.68 Å². The summed E-state index contributed by atoms with van der Waals surface area (Å²) in [6.07, 6.45) is 1.93. The van der Waals surface area contributed by atoms with Crippen molar-refractivity contribution in [2.45, 2.75) is 26.4 Å². The standard InChI is InChI=1S/C15H20BrN3O/c1-10(13-9-18-19(3)11(13)2)17-8-12-5-6-15(20-4)14(16)7-12/h5-7,9-10,17H,8H2,1-4H3. The largest absolute Gasteiger partial charge is 0.496 e. The maximum Gasteiger partial charge on any atom is 0.133 e. The van der Waals surface area contributed by atoms with E-state index in [1.807, 2.05) is 24.0 Å². The fraction of sp³-hybridized carbons (Fsp3) is 0.400. The summed E-state index contributed by atoms with van der Waals surface area (Å²) in [4.78, 5) is 0. The number of nitrogens with zero attached hydrogens (tertiary/aromatic N) is 2.